The van der Waals surface area contributed by atoms with E-state index in [1.165, 1.54) is 25.7 Å². The van der Waals surface area contributed by atoms with Crippen LogP contribution in [0.1, 0.15) is 50.8 Å². The van der Waals surface area contributed by atoms with Crippen molar-refractivity contribution in [2.75, 3.05) is 6.54 Å². The highest BCUT2D eigenvalue weighted by Crippen LogP contribution is 2.31. The second-order valence-corrected chi connectivity index (χ2v) is 6.75. The fraction of sp³-hybridized carbons (Fsp3) is 0.588. The van der Waals surface area contributed by atoms with Gasteiger partial charge in [0.1, 0.15) is 6.17 Å². The van der Waals surface area contributed by atoms with Crippen LogP contribution in [0.3, 0.4) is 0 Å². The summed E-state index contributed by atoms with van der Waals surface area (Å²) in [6, 6.07) is 7.69. The Balaban J connectivity index is 1.71. The number of hydrogen-bond donors (Lipinski definition) is 1. The molecule has 2 unspecified atom stereocenters. The zero-order chi connectivity index (χ0) is 14.8. The summed E-state index contributed by atoms with van der Waals surface area (Å²) in [5.41, 5.74) is 1.11. The molecule has 0 bridgehead atoms. The van der Waals surface area contributed by atoms with E-state index in [-0.39, 0.29) is 18.1 Å². The average Bonchev–Trinajstić information content (AvgIpc) is 3.08. The monoisotopic (exact) mass is 306 g/mol. The average molecular weight is 307 g/mol. The Morgan fingerprint density at radius 1 is 1.24 bits per heavy atom. The molecule has 3 nitrogen and oxygen atoms in total. The van der Waals surface area contributed by atoms with Gasteiger partial charge in [0.05, 0.1) is 6.04 Å². The van der Waals surface area contributed by atoms with E-state index in [2.05, 4.69) is 5.32 Å². The highest BCUT2D eigenvalue weighted by Gasteiger charge is 2.37. The maximum atomic E-state index is 12.4. The van der Waals surface area contributed by atoms with E-state index in [1.54, 1.807) is 0 Å². The van der Waals surface area contributed by atoms with E-state index in [0.29, 0.717) is 0 Å². The van der Waals surface area contributed by atoms with E-state index in [0.717, 1.165) is 29.5 Å². The van der Waals surface area contributed by atoms with Crippen LogP contribution in [0.15, 0.2) is 24.3 Å². The molecular formula is C17H23ClN2O. The van der Waals surface area contributed by atoms with Gasteiger partial charge in [-0.3, -0.25) is 10.1 Å². The van der Waals surface area contributed by atoms with E-state index < -0.39 is 0 Å². The van der Waals surface area contributed by atoms with Gasteiger partial charge in [-0.2, -0.15) is 0 Å². The number of amides is 1. The van der Waals surface area contributed by atoms with Crippen LogP contribution in [0.5, 0.6) is 0 Å². The number of rotatable bonds is 4. The fourth-order valence-corrected chi connectivity index (χ4v) is 3.68. The summed E-state index contributed by atoms with van der Waals surface area (Å²) >= 11 is 5.96. The van der Waals surface area contributed by atoms with Gasteiger partial charge in [-0.1, -0.05) is 49.4 Å². The maximum Gasteiger partial charge on any atom is 0.241 e. The molecule has 1 aliphatic carbocycles. The Hall–Kier alpha value is -1.06. The molecule has 21 heavy (non-hydrogen) atoms. The van der Waals surface area contributed by atoms with E-state index in [1.807, 2.05) is 36.1 Å². The van der Waals surface area contributed by atoms with Gasteiger partial charge in [0.15, 0.2) is 0 Å². The van der Waals surface area contributed by atoms with Crippen molar-refractivity contribution < 1.29 is 4.79 Å². The Morgan fingerprint density at radius 2 is 1.90 bits per heavy atom. The second-order valence-electron chi connectivity index (χ2n) is 6.31. The largest absolute Gasteiger partial charge is 0.322 e. The van der Waals surface area contributed by atoms with E-state index >= 15 is 0 Å². The summed E-state index contributed by atoms with van der Waals surface area (Å²) < 4.78 is 0. The van der Waals surface area contributed by atoms with Crippen LogP contribution in [0.4, 0.5) is 0 Å². The van der Waals surface area contributed by atoms with Gasteiger partial charge in [-0.15, -0.1) is 0 Å². The number of nitrogens with one attached hydrogen (secondary N) is 1. The first kappa shape index (κ1) is 14.9. The summed E-state index contributed by atoms with van der Waals surface area (Å²) in [5.74, 6) is 1.02. The molecule has 0 aromatic heterocycles. The lowest BCUT2D eigenvalue weighted by atomic mass is 10.0. The lowest BCUT2D eigenvalue weighted by Gasteiger charge is -2.26. The van der Waals surface area contributed by atoms with Crippen LogP contribution in [-0.4, -0.2) is 23.4 Å². The standard InChI is InChI=1S/C17H23ClN2O/c1-12-17(21)20(11-10-13-4-2-3-5-13)16(19-12)14-6-8-15(18)9-7-14/h6-9,12-13,16,19H,2-5,10-11H2,1H3. The van der Waals surface area contributed by atoms with Crippen molar-refractivity contribution >= 4 is 17.5 Å². The third-order valence-electron chi connectivity index (χ3n) is 4.81. The first-order valence-electron chi connectivity index (χ1n) is 7.97. The summed E-state index contributed by atoms with van der Waals surface area (Å²) in [6.07, 6.45) is 6.49. The topological polar surface area (TPSA) is 32.3 Å². The maximum absolute atomic E-state index is 12.4. The lowest BCUT2D eigenvalue weighted by molar-refractivity contribution is -0.130. The van der Waals surface area contributed by atoms with Gasteiger partial charge in [-0.05, 0) is 37.0 Å². The molecule has 3 rings (SSSR count). The molecule has 1 aromatic rings. The number of nitrogens with zero attached hydrogens (tertiary/aromatic N) is 1. The van der Waals surface area contributed by atoms with Crippen molar-refractivity contribution in [1.82, 2.24) is 10.2 Å². The van der Waals surface area contributed by atoms with Crippen LogP contribution in [-0.2, 0) is 4.79 Å². The van der Waals surface area contributed by atoms with Crippen molar-refractivity contribution in [2.45, 2.75) is 51.2 Å². The minimum atomic E-state index is -0.103. The zero-order valence-electron chi connectivity index (χ0n) is 12.5. The zero-order valence-corrected chi connectivity index (χ0v) is 13.3. The molecule has 2 fully saturated rings. The molecular weight excluding hydrogens is 284 g/mol. The van der Waals surface area contributed by atoms with Crippen LogP contribution in [0, 0.1) is 5.92 Å². The predicted octanol–water partition coefficient (Wildman–Crippen LogP) is 3.74. The molecule has 2 aliphatic rings. The molecule has 4 heteroatoms. The molecule has 1 saturated carbocycles. The van der Waals surface area contributed by atoms with Crippen molar-refractivity contribution in [2.24, 2.45) is 5.92 Å². The van der Waals surface area contributed by atoms with Crippen LogP contribution < -0.4 is 5.32 Å². The number of carbonyl (C=O) groups is 1. The van der Waals surface area contributed by atoms with Crippen LogP contribution >= 0.6 is 11.6 Å². The summed E-state index contributed by atoms with van der Waals surface area (Å²) in [4.78, 5) is 14.4. The molecule has 1 aliphatic heterocycles. The van der Waals surface area contributed by atoms with Gasteiger partial charge < -0.3 is 4.90 Å². The molecule has 0 spiro atoms. The summed E-state index contributed by atoms with van der Waals surface area (Å²) in [6.45, 7) is 2.80. The predicted molar refractivity (Wildman–Crippen MR) is 85.1 cm³/mol. The molecule has 1 amide bonds. The molecule has 2 atom stereocenters. The first-order valence-corrected chi connectivity index (χ1v) is 8.35. The number of hydrogen-bond acceptors (Lipinski definition) is 2. The number of carbonyl (C=O) groups excluding carboxylic acids is 1. The lowest BCUT2D eigenvalue weighted by Crippen LogP contribution is -2.32. The SMILES string of the molecule is CC1NC(c2ccc(Cl)cc2)N(CCC2CCCC2)C1=O. The number of halogens is 1. The van der Waals surface area contributed by atoms with Crippen molar-refractivity contribution in [3.05, 3.63) is 34.9 Å². The number of benzene rings is 1. The molecule has 114 valence electrons. The molecule has 1 N–H and O–H groups in total. The molecule has 1 heterocycles. The highest BCUT2D eigenvalue weighted by atomic mass is 35.5. The Kier molecular flexibility index (Phi) is 4.51. The third-order valence-corrected chi connectivity index (χ3v) is 5.06. The quantitative estimate of drug-likeness (QED) is 0.919. The highest BCUT2D eigenvalue weighted by molar-refractivity contribution is 6.30. The minimum absolute atomic E-state index is 0.00818. The Bertz CT molecular complexity index is 496. The van der Waals surface area contributed by atoms with Crippen molar-refractivity contribution in [3.8, 4) is 0 Å². The van der Waals surface area contributed by atoms with E-state index in [4.69, 9.17) is 11.6 Å². The van der Waals surface area contributed by atoms with Gasteiger partial charge in [0.2, 0.25) is 5.91 Å². The fourth-order valence-electron chi connectivity index (χ4n) is 3.56. The van der Waals surface area contributed by atoms with Gasteiger partial charge >= 0.3 is 0 Å². The Morgan fingerprint density at radius 3 is 2.57 bits per heavy atom. The normalized spacial score (nSPS) is 26.8. The molecule has 1 aromatic carbocycles. The first-order chi connectivity index (χ1) is 10.1. The smallest absolute Gasteiger partial charge is 0.241 e. The van der Waals surface area contributed by atoms with Gasteiger partial charge in [0, 0.05) is 11.6 Å². The molecule has 0 radical (unpaired) electrons. The van der Waals surface area contributed by atoms with Crippen molar-refractivity contribution in [1.29, 1.82) is 0 Å². The summed E-state index contributed by atoms with van der Waals surface area (Å²) in [7, 11) is 0. The Labute approximate surface area is 131 Å². The van der Waals surface area contributed by atoms with E-state index in [9.17, 15) is 4.79 Å². The summed E-state index contributed by atoms with van der Waals surface area (Å²) in [5, 5.41) is 4.13. The van der Waals surface area contributed by atoms with Crippen LogP contribution in [0.2, 0.25) is 5.02 Å². The van der Waals surface area contributed by atoms with Gasteiger partial charge in [0.25, 0.3) is 0 Å². The minimum Gasteiger partial charge on any atom is -0.322 e. The second kappa shape index (κ2) is 6.37. The van der Waals surface area contributed by atoms with Crippen molar-refractivity contribution in [3.63, 3.8) is 0 Å². The third kappa shape index (κ3) is 3.24. The molecule has 1 saturated heterocycles. The van der Waals surface area contributed by atoms with Gasteiger partial charge in [-0.25, -0.2) is 0 Å². The van der Waals surface area contributed by atoms with Crippen LogP contribution in [0.25, 0.3) is 0 Å².